The minimum absolute atomic E-state index is 0. The molecule has 375 valence electrons. The van der Waals surface area contributed by atoms with E-state index in [2.05, 4.69) is 44.8 Å². The number of benzene rings is 1. The van der Waals surface area contributed by atoms with Gasteiger partial charge in [-0.1, -0.05) is 13.8 Å². The molecule has 17 nitrogen and oxygen atoms in total. The topological polar surface area (TPSA) is 222 Å². The quantitative estimate of drug-likeness (QED) is 0.0583. The van der Waals surface area contributed by atoms with Gasteiger partial charge >= 0.3 is 0 Å². The van der Waals surface area contributed by atoms with E-state index in [1.165, 1.54) is 11.1 Å². The molecule has 0 saturated carbocycles. The number of H-pyrrole nitrogens is 1. The molecule has 68 heavy (non-hydrogen) atoms. The molecule has 4 heterocycles. The van der Waals surface area contributed by atoms with Crippen molar-refractivity contribution in [3.05, 3.63) is 70.6 Å². The molecule has 0 saturated heterocycles. The molecule has 3 aromatic rings. The molecule has 2 aromatic heterocycles. The Morgan fingerprint density at radius 2 is 0.941 bits per heavy atom. The second-order valence-corrected chi connectivity index (χ2v) is 15.5. The summed E-state index contributed by atoms with van der Waals surface area (Å²) in [6.45, 7) is 14.5. The average Bonchev–Trinajstić information content (AvgIpc) is 3.91. The number of aliphatic hydroxyl groups excluding tert-OH is 2. The number of aromatic amines is 1. The minimum atomic E-state index is -1.08. The Kier molecular flexibility index (Phi) is 27.4. The zero-order valence-electron chi connectivity index (χ0n) is 40.7. The maximum absolute atomic E-state index is 9.86. The normalized spacial score (nSPS) is 12.1. The van der Waals surface area contributed by atoms with Crippen molar-refractivity contribution in [3.8, 4) is 11.5 Å². The summed E-state index contributed by atoms with van der Waals surface area (Å²) in [5, 5.41) is 28.6. The van der Waals surface area contributed by atoms with E-state index in [4.69, 9.17) is 67.7 Å². The summed E-state index contributed by atoms with van der Waals surface area (Å²) >= 11 is 0. The van der Waals surface area contributed by atoms with Gasteiger partial charge < -0.3 is 63.0 Å². The largest absolute Gasteiger partial charge is 0.550 e. The molecule has 0 atom stereocenters. The fourth-order valence-electron chi connectivity index (χ4n) is 7.42. The number of aryl methyl sites for hydroxylation is 2. The van der Waals surface area contributed by atoms with Gasteiger partial charge in [-0.15, -0.1) is 0 Å². The van der Waals surface area contributed by atoms with Crippen LogP contribution in [0.4, 0.5) is 0 Å². The third kappa shape index (κ3) is 18.1. The van der Waals surface area contributed by atoms with Crippen LogP contribution in [0.1, 0.15) is 94.2 Å². The Labute approximate surface area is 410 Å². The molecular weight excluding hydrogens is 918 g/mol. The number of fused-ring (bicyclic) bond motifs is 7. The standard InChI is InChI=1S/C48H67N5O10.C2H4O2.Mn/c1-7-35-36(8-2)40-28-42-38(12-10-14-55)34(4)46(53-42)32-50-44-30-48(63-26-24-61-22-20-59-18-16-57-6)47(62-25-23-60-21-19-58-17-15-56-5)29-43(44)49-31-45-33(3)37(11-9-13-54)41(52-45)27-39(35)51-40;1-2(3)4;/h27-32,51,54-55H,7-26H2,1-6H3;1H3,(H,3,4);/p-1. The first-order chi connectivity index (χ1) is 32.6. The smallest absolute Gasteiger partial charge is 0.163 e. The molecule has 0 amide bonds. The number of carbonyl (C=O) groups is 1. The first-order valence-electron chi connectivity index (χ1n) is 23.1. The van der Waals surface area contributed by atoms with Crippen LogP contribution in [0.25, 0.3) is 44.4 Å². The Bertz CT molecular complexity index is 2150. The van der Waals surface area contributed by atoms with E-state index >= 15 is 0 Å². The van der Waals surface area contributed by atoms with E-state index in [9.17, 15) is 10.2 Å². The van der Waals surface area contributed by atoms with Crippen molar-refractivity contribution in [2.45, 2.75) is 73.1 Å². The van der Waals surface area contributed by atoms with Crippen LogP contribution in [0, 0.1) is 0 Å². The number of aliphatic carboxylic acids is 1. The van der Waals surface area contributed by atoms with E-state index in [1.807, 2.05) is 12.1 Å². The summed E-state index contributed by atoms with van der Waals surface area (Å²) < 4.78 is 45.3. The second-order valence-electron chi connectivity index (χ2n) is 15.5. The van der Waals surface area contributed by atoms with Crippen molar-refractivity contribution >= 4 is 50.3 Å². The van der Waals surface area contributed by atoms with Crippen LogP contribution in [-0.2, 0) is 63.1 Å². The molecule has 0 fully saturated rings. The Balaban J connectivity index is 0.00000235. The molecule has 2 aliphatic heterocycles. The Morgan fingerprint density at radius 3 is 1.28 bits per heavy atom. The number of hydrogen-bond acceptors (Lipinski definition) is 16. The maximum Gasteiger partial charge on any atom is 0.163 e. The van der Waals surface area contributed by atoms with E-state index in [1.54, 1.807) is 26.6 Å². The molecule has 6 bridgehead atoms. The summed E-state index contributed by atoms with van der Waals surface area (Å²) in [6.07, 6.45) is 7.74. The molecule has 5 rings (SSSR count). The van der Waals surface area contributed by atoms with Crippen molar-refractivity contribution in [1.82, 2.24) is 24.9 Å². The molecular formula is C50H70MnN5O12-. The fourth-order valence-corrected chi connectivity index (χ4v) is 7.42. The number of carboxylic acid groups (broad SMARTS) is 1. The number of nitrogens with zero attached hydrogens (tertiary/aromatic N) is 4. The SMILES string of the molecule is CC(=O)[O-].CCc1c(CC)c2cc3nc(cnc4cc(OCCOCCOCCOC)c(OCCOCCOCCOC)cc4ncc4nc(cc1[nH]2)C(CCCO)=C4C)C(C)=C3CCCO.[Mn]. The van der Waals surface area contributed by atoms with Crippen molar-refractivity contribution in [2.24, 2.45) is 0 Å². The van der Waals surface area contributed by atoms with Crippen LogP contribution in [0.3, 0.4) is 0 Å². The Morgan fingerprint density at radius 1 is 0.588 bits per heavy atom. The van der Waals surface area contributed by atoms with Gasteiger partial charge in [-0.3, -0.25) is 9.97 Å². The predicted octanol–water partition coefficient (Wildman–Crippen LogP) is 5.74. The van der Waals surface area contributed by atoms with Crippen molar-refractivity contribution in [3.63, 3.8) is 0 Å². The molecule has 0 unspecified atom stereocenters. The summed E-state index contributed by atoms with van der Waals surface area (Å²) in [5.41, 5.74) is 12.8. The van der Waals surface area contributed by atoms with Crippen LogP contribution in [-0.4, -0.2) is 148 Å². The molecule has 18 heteroatoms. The van der Waals surface area contributed by atoms with Crippen molar-refractivity contribution < 1.29 is 75.1 Å². The van der Waals surface area contributed by atoms with Crippen LogP contribution in [0.15, 0.2) is 36.7 Å². The first-order valence-corrected chi connectivity index (χ1v) is 23.1. The Hall–Kier alpha value is -4.59. The number of carbonyl (C=O) groups excluding carboxylic acids is 1. The van der Waals surface area contributed by atoms with E-state index in [0.717, 1.165) is 75.9 Å². The van der Waals surface area contributed by atoms with Gasteiger partial charge in [0.2, 0.25) is 0 Å². The van der Waals surface area contributed by atoms with E-state index in [0.29, 0.717) is 114 Å². The third-order valence-electron chi connectivity index (χ3n) is 10.8. The third-order valence-corrected chi connectivity index (χ3v) is 10.8. The molecule has 2 aliphatic rings. The number of aromatic nitrogens is 5. The summed E-state index contributed by atoms with van der Waals surface area (Å²) in [7, 11) is 3.28. The van der Waals surface area contributed by atoms with E-state index in [-0.39, 0.29) is 43.5 Å². The number of carboxylic acids is 1. The number of rotatable bonds is 28. The monoisotopic (exact) mass is 987 g/mol. The first kappa shape index (κ1) is 57.7. The average molecular weight is 988 g/mol. The number of methoxy groups -OCH3 is 2. The molecule has 1 radical (unpaired) electrons. The zero-order valence-corrected chi connectivity index (χ0v) is 41.9. The van der Waals surface area contributed by atoms with Gasteiger partial charge in [0, 0.05) is 73.6 Å². The van der Waals surface area contributed by atoms with Crippen LogP contribution >= 0.6 is 0 Å². The second kappa shape index (κ2) is 32.3. The van der Waals surface area contributed by atoms with Gasteiger partial charge in [-0.05, 0) is 105 Å². The number of hydrogen-bond donors (Lipinski definition) is 3. The number of ether oxygens (including phenoxy) is 8. The van der Waals surface area contributed by atoms with Gasteiger partial charge in [-0.25, -0.2) is 9.97 Å². The van der Waals surface area contributed by atoms with Gasteiger partial charge in [0.25, 0.3) is 0 Å². The van der Waals surface area contributed by atoms with Crippen molar-refractivity contribution in [2.75, 3.05) is 107 Å². The van der Waals surface area contributed by atoms with Crippen LogP contribution < -0.4 is 14.6 Å². The van der Waals surface area contributed by atoms with Gasteiger partial charge in [0.05, 0.1) is 112 Å². The van der Waals surface area contributed by atoms with Crippen molar-refractivity contribution in [1.29, 1.82) is 0 Å². The molecule has 0 spiro atoms. The predicted molar refractivity (Wildman–Crippen MR) is 256 cm³/mol. The van der Waals surface area contributed by atoms with Gasteiger partial charge in [-0.2, -0.15) is 0 Å². The zero-order chi connectivity index (χ0) is 48.4. The van der Waals surface area contributed by atoms with Gasteiger partial charge in [0.15, 0.2) is 11.5 Å². The number of aliphatic hydroxyl groups is 2. The summed E-state index contributed by atoms with van der Waals surface area (Å²) in [6, 6.07) is 7.90. The van der Waals surface area contributed by atoms with Gasteiger partial charge in [0.1, 0.15) is 13.2 Å². The summed E-state index contributed by atoms with van der Waals surface area (Å²) in [5.74, 6) is -0.154. The fraction of sp³-hybridized carbons (Fsp3) is 0.540. The van der Waals surface area contributed by atoms with Crippen LogP contribution in [0.2, 0.25) is 0 Å². The van der Waals surface area contributed by atoms with Crippen LogP contribution in [0.5, 0.6) is 11.5 Å². The number of allylic oxidation sites excluding steroid dienone is 4. The van der Waals surface area contributed by atoms with E-state index < -0.39 is 5.97 Å². The molecule has 1 aromatic carbocycles. The number of nitrogens with one attached hydrogen (secondary N) is 1. The summed E-state index contributed by atoms with van der Waals surface area (Å²) in [4.78, 5) is 32.9. The molecule has 0 aliphatic carbocycles. The molecule has 3 N–H and O–H groups in total. The maximum atomic E-state index is 9.86. The minimum Gasteiger partial charge on any atom is -0.550 e.